The Morgan fingerprint density at radius 1 is 1.05 bits per heavy atom. The van der Waals surface area contributed by atoms with E-state index in [4.69, 9.17) is 0 Å². The quantitative estimate of drug-likeness (QED) is 0.882. The fourth-order valence-corrected chi connectivity index (χ4v) is 3.02. The van der Waals surface area contributed by atoms with Gasteiger partial charge >= 0.3 is 0 Å². The number of halogens is 1. The van der Waals surface area contributed by atoms with Crippen LogP contribution < -0.4 is 5.32 Å². The first-order chi connectivity index (χ1) is 9.79. The summed E-state index contributed by atoms with van der Waals surface area (Å²) in [5.41, 5.74) is 1.18. The SMILES string of the molecule is CNC(CCN1CCCCCCC1)c1ccc(F)cc1. The first-order valence-electron chi connectivity index (χ1n) is 7.94. The van der Waals surface area contributed by atoms with E-state index < -0.39 is 0 Å². The molecule has 1 aromatic rings. The van der Waals surface area contributed by atoms with Crippen molar-refractivity contribution >= 4 is 0 Å². The zero-order valence-electron chi connectivity index (χ0n) is 12.6. The zero-order valence-corrected chi connectivity index (χ0v) is 12.6. The Labute approximate surface area is 122 Å². The van der Waals surface area contributed by atoms with Crippen LogP contribution in [-0.4, -0.2) is 31.6 Å². The Kier molecular flexibility index (Phi) is 6.48. The van der Waals surface area contributed by atoms with Gasteiger partial charge in [0.15, 0.2) is 0 Å². The summed E-state index contributed by atoms with van der Waals surface area (Å²) in [6, 6.07) is 7.21. The van der Waals surface area contributed by atoms with E-state index in [1.165, 1.54) is 50.8 Å². The zero-order chi connectivity index (χ0) is 14.2. The molecule has 20 heavy (non-hydrogen) atoms. The Morgan fingerprint density at radius 2 is 1.65 bits per heavy atom. The van der Waals surface area contributed by atoms with Crippen molar-refractivity contribution in [3.63, 3.8) is 0 Å². The molecule has 0 amide bonds. The maximum atomic E-state index is 13.0. The lowest BCUT2D eigenvalue weighted by atomic mass is 10.0. The van der Waals surface area contributed by atoms with E-state index in [9.17, 15) is 4.39 Å². The highest BCUT2D eigenvalue weighted by Crippen LogP contribution is 2.18. The second-order valence-electron chi connectivity index (χ2n) is 5.79. The molecule has 2 rings (SSSR count). The molecular weight excluding hydrogens is 251 g/mol. The minimum absolute atomic E-state index is 0.160. The van der Waals surface area contributed by atoms with Crippen LogP contribution in [0.3, 0.4) is 0 Å². The maximum Gasteiger partial charge on any atom is 0.123 e. The Bertz CT molecular complexity index is 369. The van der Waals surface area contributed by atoms with Crippen molar-refractivity contribution in [2.24, 2.45) is 0 Å². The molecule has 112 valence electrons. The molecular formula is C17H27FN2. The summed E-state index contributed by atoms with van der Waals surface area (Å²) in [7, 11) is 1.99. The van der Waals surface area contributed by atoms with Gasteiger partial charge in [0, 0.05) is 6.04 Å². The molecule has 0 bridgehead atoms. The largest absolute Gasteiger partial charge is 0.313 e. The van der Waals surface area contributed by atoms with Gasteiger partial charge in [-0.05, 0) is 63.6 Å². The molecule has 3 heteroatoms. The fourth-order valence-electron chi connectivity index (χ4n) is 3.02. The number of hydrogen-bond acceptors (Lipinski definition) is 2. The Balaban J connectivity index is 1.84. The van der Waals surface area contributed by atoms with Gasteiger partial charge in [0.25, 0.3) is 0 Å². The molecule has 1 heterocycles. The fraction of sp³-hybridized carbons (Fsp3) is 0.647. The van der Waals surface area contributed by atoms with Gasteiger partial charge in [0.1, 0.15) is 5.82 Å². The molecule has 1 aliphatic heterocycles. The molecule has 1 N–H and O–H groups in total. The van der Waals surface area contributed by atoms with Gasteiger partial charge in [-0.3, -0.25) is 0 Å². The third-order valence-corrected chi connectivity index (χ3v) is 4.30. The van der Waals surface area contributed by atoms with Gasteiger partial charge in [0.2, 0.25) is 0 Å². The van der Waals surface area contributed by atoms with Crippen molar-refractivity contribution in [3.05, 3.63) is 35.6 Å². The average Bonchev–Trinajstić information content (AvgIpc) is 2.43. The van der Waals surface area contributed by atoms with E-state index in [2.05, 4.69) is 10.2 Å². The van der Waals surface area contributed by atoms with E-state index in [1.54, 1.807) is 12.1 Å². The van der Waals surface area contributed by atoms with Crippen LogP contribution in [0.5, 0.6) is 0 Å². The second kappa shape index (κ2) is 8.38. The summed E-state index contributed by atoms with van der Waals surface area (Å²) in [6.07, 6.45) is 7.92. The van der Waals surface area contributed by atoms with Crippen LogP contribution in [0.15, 0.2) is 24.3 Å². The van der Waals surface area contributed by atoms with Crippen molar-refractivity contribution < 1.29 is 4.39 Å². The third-order valence-electron chi connectivity index (χ3n) is 4.30. The van der Waals surface area contributed by atoms with Crippen LogP contribution in [-0.2, 0) is 0 Å². The van der Waals surface area contributed by atoms with Gasteiger partial charge in [0.05, 0.1) is 0 Å². The molecule has 0 radical (unpaired) electrons. The third kappa shape index (κ3) is 4.88. The summed E-state index contributed by atoms with van der Waals surface area (Å²) in [5.74, 6) is -0.160. The highest BCUT2D eigenvalue weighted by Gasteiger charge is 2.13. The van der Waals surface area contributed by atoms with Crippen molar-refractivity contribution in [2.75, 3.05) is 26.7 Å². The highest BCUT2D eigenvalue weighted by atomic mass is 19.1. The standard InChI is InChI=1S/C17H27FN2/c1-19-17(15-7-9-16(18)10-8-15)11-14-20-12-5-3-2-4-6-13-20/h7-10,17,19H,2-6,11-14H2,1H3. The lowest BCUT2D eigenvalue weighted by molar-refractivity contribution is 0.235. The summed E-state index contributed by atoms with van der Waals surface area (Å²) < 4.78 is 13.0. The molecule has 1 saturated heterocycles. The summed E-state index contributed by atoms with van der Waals surface area (Å²) in [6.45, 7) is 3.60. The van der Waals surface area contributed by atoms with Crippen molar-refractivity contribution in [3.8, 4) is 0 Å². The van der Waals surface area contributed by atoms with Crippen LogP contribution in [0.2, 0.25) is 0 Å². The number of rotatable bonds is 5. The molecule has 1 aromatic carbocycles. The van der Waals surface area contributed by atoms with Gasteiger partial charge < -0.3 is 10.2 Å². The van der Waals surface area contributed by atoms with Crippen molar-refractivity contribution in [2.45, 2.75) is 44.6 Å². The first kappa shape index (κ1) is 15.5. The molecule has 1 atom stereocenters. The topological polar surface area (TPSA) is 15.3 Å². The maximum absolute atomic E-state index is 13.0. The van der Waals surface area contributed by atoms with E-state index in [1.807, 2.05) is 19.2 Å². The normalized spacial score (nSPS) is 19.3. The van der Waals surface area contributed by atoms with Crippen LogP contribution in [0, 0.1) is 5.82 Å². The lowest BCUT2D eigenvalue weighted by Crippen LogP contribution is -2.31. The van der Waals surface area contributed by atoms with Crippen LogP contribution in [0.1, 0.15) is 50.1 Å². The molecule has 1 unspecified atom stereocenters. The monoisotopic (exact) mass is 278 g/mol. The van der Waals surface area contributed by atoms with Gasteiger partial charge in [-0.1, -0.05) is 31.4 Å². The van der Waals surface area contributed by atoms with Gasteiger partial charge in [-0.2, -0.15) is 0 Å². The lowest BCUT2D eigenvalue weighted by Gasteiger charge is -2.26. The highest BCUT2D eigenvalue weighted by molar-refractivity contribution is 5.19. The number of hydrogen-bond donors (Lipinski definition) is 1. The predicted octanol–water partition coefficient (Wildman–Crippen LogP) is 3.74. The number of nitrogens with zero attached hydrogens (tertiary/aromatic N) is 1. The Hall–Kier alpha value is -0.930. The molecule has 0 spiro atoms. The summed E-state index contributed by atoms with van der Waals surface area (Å²) >= 11 is 0. The number of benzene rings is 1. The van der Waals surface area contributed by atoms with Crippen LogP contribution in [0.4, 0.5) is 4.39 Å². The van der Waals surface area contributed by atoms with Gasteiger partial charge in [-0.15, -0.1) is 0 Å². The predicted molar refractivity (Wildman–Crippen MR) is 82.3 cm³/mol. The summed E-state index contributed by atoms with van der Waals surface area (Å²) in [5, 5.41) is 3.36. The molecule has 2 nitrogen and oxygen atoms in total. The molecule has 1 aliphatic rings. The van der Waals surface area contributed by atoms with E-state index >= 15 is 0 Å². The van der Waals surface area contributed by atoms with Crippen LogP contribution in [0.25, 0.3) is 0 Å². The average molecular weight is 278 g/mol. The molecule has 1 fully saturated rings. The van der Waals surface area contributed by atoms with Crippen LogP contribution >= 0.6 is 0 Å². The van der Waals surface area contributed by atoms with Crippen molar-refractivity contribution in [1.29, 1.82) is 0 Å². The van der Waals surface area contributed by atoms with E-state index in [0.29, 0.717) is 6.04 Å². The minimum Gasteiger partial charge on any atom is -0.313 e. The Morgan fingerprint density at radius 3 is 2.25 bits per heavy atom. The first-order valence-corrected chi connectivity index (χ1v) is 7.94. The second-order valence-corrected chi connectivity index (χ2v) is 5.79. The number of likely N-dealkylation sites (tertiary alicyclic amines) is 1. The van der Waals surface area contributed by atoms with Crippen molar-refractivity contribution in [1.82, 2.24) is 10.2 Å². The van der Waals surface area contributed by atoms with E-state index in [0.717, 1.165) is 13.0 Å². The molecule has 0 aliphatic carbocycles. The number of nitrogens with one attached hydrogen (secondary N) is 1. The summed E-state index contributed by atoms with van der Waals surface area (Å²) in [4.78, 5) is 2.59. The van der Waals surface area contributed by atoms with Gasteiger partial charge in [-0.25, -0.2) is 4.39 Å². The smallest absolute Gasteiger partial charge is 0.123 e. The molecule has 0 aromatic heterocycles. The minimum atomic E-state index is -0.160. The van der Waals surface area contributed by atoms with E-state index in [-0.39, 0.29) is 5.82 Å². The molecule has 0 saturated carbocycles.